The standard InChI is InChI=1S/C21H26N2O10.C18H24N2O5.C18H22N2O5.C13H17NO2.C13H15NO2.C11H11NO2.C2H5Br.C2H6O.CH3F.CH2O3.ClH.2K.H/c1-9-2-3-13-11(4-9)10(5-15(25)22-12(21(31)32)6-16(26)27)7-23(13)20-19(30)18(29)17(28)14(8-24)33-20;2*1-3-25-18(24)9-13-10-20(16-6-4-12(2)8-15(13)16)19-14(11-21)5-7-17(22)23;2*1-3-16-13(15)7-10-8-14-12-5-4-9(2)6-11(10)12;1-7-2-3-10-9(4-7)8(6-12-10)5-11(13)14;2*1-2-3;1-2;2-1-4-3;;;;/h2-4,7,12,14,17-20,24,28-30H,5-6,8H2,1H3,(H,22,25)(H,26,27)(H,31,32);4,6,8,11,13-14,19H,3,5,7,9-10H2,1-2H3,(H,22,23);4,6,8,10-11,14,19H,3,5,7,9H2,1-2H3,(H,22,23);4-6,10,14H,3,7-8H2,1-2H3;4-6,8,14H,3,7H2,1-2H3;2-4,6,12H,5H2,1H3,(H,13,14);2H2,1H3;3H,2H2,1H3;1H3;1,3H;1H;;;/q;;;;;;;;;;;2*+1;-1/p-1/t12-,14-,17-,18+,19-,20-;13?,14-;14-;;;;;;;;;;;/m100.........../s1/i;;;;;;;;1D;;;;;. The summed E-state index contributed by atoms with van der Waals surface area (Å²) in [6.45, 7) is 25.1. The number of aliphatic carboxylic acids is 5. The van der Waals surface area contributed by atoms with Gasteiger partial charge in [-0.05, 0) is 183 Å². The van der Waals surface area contributed by atoms with Crippen molar-refractivity contribution in [1.82, 2.24) is 30.0 Å². The zero-order chi connectivity index (χ0) is 106. The second-order valence-corrected chi connectivity index (χ2v) is 33.4. The van der Waals surface area contributed by atoms with Gasteiger partial charge in [0.05, 0.1) is 115 Å². The molecule has 7 heterocycles. The number of hydrazine groups is 1. The minimum atomic E-state index is -1.60. The number of aryl methyl sites for hydroxylation is 6. The van der Waals surface area contributed by atoms with Gasteiger partial charge in [-0.3, -0.25) is 57.0 Å². The molecule has 4 aromatic heterocycles. The summed E-state index contributed by atoms with van der Waals surface area (Å²) < 4.78 is 44.2. The summed E-state index contributed by atoms with van der Waals surface area (Å²) in [4.78, 5) is 153. The van der Waals surface area contributed by atoms with Gasteiger partial charge in [-0.2, -0.15) is 0 Å². The van der Waals surface area contributed by atoms with E-state index in [1.165, 1.54) is 27.5 Å². The van der Waals surface area contributed by atoms with Gasteiger partial charge >= 0.3 is 156 Å². The molecular weight excluding hydrogens is 2020 g/mol. The van der Waals surface area contributed by atoms with Crippen molar-refractivity contribution in [2.24, 2.45) is 0 Å². The molecule has 1 amide bonds. The van der Waals surface area contributed by atoms with E-state index in [4.69, 9.17) is 65.7 Å². The quantitative estimate of drug-likeness (QED) is 0.00496. The van der Waals surface area contributed by atoms with E-state index < -0.39 is 105 Å². The fraction of sp³-hybridized carbons (Fsp3) is 0.430. The molecule has 1 fully saturated rings. The third-order valence-electron chi connectivity index (χ3n) is 21.4. The van der Waals surface area contributed by atoms with E-state index in [-0.39, 0.29) is 217 Å². The zero-order valence-corrected chi connectivity index (χ0v) is 91.8. The number of rotatable bonds is 35. The van der Waals surface area contributed by atoms with Crippen molar-refractivity contribution in [3.05, 3.63) is 201 Å². The number of carbonyl (C=O) groups is 13. The number of alkyl halides is 2. The average molecular weight is 2150 g/mol. The molecule has 3 aliphatic rings. The Labute approximate surface area is 935 Å². The number of halogens is 3. The number of anilines is 2. The van der Waals surface area contributed by atoms with Gasteiger partial charge in [0.2, 0.25) is 5.91 Å². The smallest absolute Gasteiger partial charge is 1.00 e. The first-order valence-electron chi connectivity index (χ1n) is 45.9. The van der Waals surface area contributed by atoms with Crippen LogP contribution in [-0.4, -0.2) is 257 Å². The molecule has 0 bridgehead atoms. The van der Waals surface area contributed by atoms with E-state index >= 15 is 0 Å². The summed E-state index contributed by atoms with van der Waals surface area (Å²) in [5.41, 5.74) is 23.4. The van der Waals surface area contributed by atoms with Crippen LogP contribution in [0.15, 0.2) is 134 Å². The molecule has 0 spiro atoms. The van der Waals surface area contributed by atoms with Crippen LogP contribution < -0.4 is 135 Å². The Bertz CT molecular complexity index is 5790. The van der Waals surface area contributed by atoms with E-state index in [2.05, 4.69) is 83.5 Å². The molecule has 0 saturated carbocycles. The number of carboxylic acids is 5. The second kappa shape index (κ2) is 70.0. The largest absolute Gasteiger partial charge is 1.00 e. The van der Waals surface area contributed by atoms with Crippen LogP contribution in [0.2, 0.25) is 0 Å². The average Bonchev–Trinajstić information content (AvgIpc) is 1.60. The molecule has 780 valence electrons. The number of hydrogen-bond acceptors (Lipinski definition) is 29. The number of benzene rings is 6. The van der Waals surface area contributed by atoms with Crippen molar-refractivity contribution < 1.29 is 257 Å². The summed E-state index contributed by atoms with van der Waals surface area (Å²) in [5, 5.41) is 112. The molecule has 16 N–H and O–H groups in total. The summed E-state index contributed by atoms with van der Waals surface area (Å²) in [6, 6.07) is 32.6. The third kappa shape index (κ3) is 43.6. The van der Waals surface area contributed by atoms with E-state index in [1.54, 1.807) is 56.0 Å². The molecule has 0 radical (unpaired) electrons. The van der Waals surface area contributed by atoms with Crippen molar-refractivity contribution in [3.63, 3.8) is 0 Å². The van der Waals surface area contributed by atoms with Gasteiger partial charge in [-0.15, -0.1) is 12.4 Å². The second-order valence-electron chi connectivity index (χ2n) is 32.3. The Morgan fingerprint density at radius 3 is 1.44 bits per heavy atom. The number of aliphatic hydroxyl groups is 5. The van der Waals surface area contributed by atoms with Crippen molar-refractivity contribution in [2.45, 2.75) is 214 Å². The van der Waals surface area contributed by atoms with Crippen molar-refractivity contribution in [3.8, 4) is 0 Å². The molecule has 6 aromatic carbocycles. The van der Waals surface area contributed by atoms with Gasteiger partial charge in [0.15, 0.2) is 6.23 Å². The van der Waals surface area contributed by atoms with E-state index in [1.807, 2.05) is 133 Å². The molecule has 39 nitrogen and oxygen atoms in total. The van der Waals surface area contributed by atoms with Crippen molar-refractivity contribution in [2.75, 3.05) is 81.0 Å². The number of carboxylic acid groups (broad SMARTS) is 5. The fourth-order valence-corrected chi connectivity index (χ4v) is 15.1. The number of amides is 1. The van der Waals surface area contributed by atoms with Crippen LogP contribution >= 0.6 is 28.3 Å². The van der Waals surface area contributed by atoms with Crippen molar-refractivity contribution >= 4 is 162 Å². The number of aromatic nitrogens is 4. The van der Waals surface area contributed by atoms with Crippen LogP contribution in [0.1, 0.15) is 174 Å². The predicted octanol–water partition coefficient (Wildman–Crippen LogP) is 4.43. The number of nitrogens with one attached hydrogen (secondary N) is 6. The molecular formula is C100H132BrClFK2N9O30. The van der Waals surface area contributed by atoms with Crippen LogP contribution in [0.5, 0.6) is 0 Å². The number of aromatic amines is 2. The number of hydrogen-bond donors (Lipinski definition) is 16. The SMILES string of the molecule is CCBr.CCO.CCOC(=O)CC1CN(N[C@H](C=O)CCC(=O)O)c2ccc(C)cc21.CCOC(=O)CC1CNc2ccc(C)cc21.CCOC(=O)Cc1c[nH]c2ccc(C)cc12.CCOC(=O)Cc1cn(N[C@H](C=O)CCC(=O)O)c2ccc(C)cc12.Cc1ccc2[nH]cc(CC(=O)O)c2c1.Cc1ccc2c(c1)c(CC(=O)N[C@H](CC(=O)O)C(=O)O)cn2[C@@H]1O[C@H](CO)[C@@H](O)[C@H](O)[C@H]1O.Cl.O=CO[O-].[2H]CF.[H-].[K+].[K+]. The number of aldehydes is 2. The molecule has 3 aliphatic heterocycles. The van der Waals surface area contributed by atoms with Crippen molar-refractivity contribution in [1.29, 1.82) is 0 Å². The minimum absolute atomic E-state index is 0. The van der Waals surface area contributed by atoms with Gasteiger partial charge in [-0.1, -0.05) is 105 Å². The Hall–Kier alpha value is -9.96. The monoisotopic (exact) mass is 2150 g/mol. The van der Waals surface area contributed by atoms with Gasteiger partial charge in [-0.25, -0.2) is 10.2 Å². The summed E-state index contributed by atoms with van der Waals surface area (Å²) in [5.74, 6) is -6.90. The maximum absolute atomic E-state index is 12.5. The van der Waals surface area contributed by atoms with Crippen LogP contribution in [-0.2, 0) is 117 Å². The molecule has 0 aliphatic carbocycles. The Morgan fingerprint density at radius 1 is 0.556 bits per heavy atom. The number of nitrogens with zero attached hydrogens (tertiary/aromatic N) is 3. The Morgan fingerprint density at radius 2 is 0.979 bits per heavy atom. The van der Waals surface area contributed by atoms with E-state index in [9.17, 15) is 82.4 Å². The Balaban J connectivity index is 0.00000171. The molecule has 10 aromatic rings. The molecule has 1 saturated heterocycles. The number of carbonyl (C=O) groups excluding carboxylic acids is 8. The number of esters is 4. The fourth-order valence-electron chi connectivity index (χ4n) is 15.1. The normalized spacial score (nSPS) is 15.7. The molecule has 144 heavy (non-hydrogen) atoms. The van der Waals surface area contributed by atoms with Crippen LogP contribution in [0, 0.1) is 41.5 Å². The van der Waals surface area contributed by atoms with E-state index in [0.29, 0.717) is 68.6 Å². The summed E-state index contributed by atoms with van der Waals surface area (Å²) in [6.07, 6.45) is 1.67. The van der Waals surface area contributed by atoms with E-state index in [0.717, 1.165) is 107 Å². The summed E-state index contributed by atoms with van der Waals surface area (Å²) in [7, 11) is -1.00. The third-order valence-corrected chi connectivity index (χ3v) is 21.4. The number of H-pyrrole nitrogens is 2. The zero-order valence-electron chi connectivity index (χ0n) is 85.2. The van der Waals surface area contributed by atoms with Crippen LogP contribution in [0.4, 0.5) is 15.8 Å². The first-order chi connectivity index (χ1) is 67.6. The van der Waals surface area contributed by atoms with Gasteiger partial charge in [0, 0.05) is 113 Å². The minimum Gasteiger partial charge on any atom is -1.00 e. The van der Waals surface area contributed by atoms with Gasteiger partial charge in [0.25, 0.3) is 6.47 Å². The molecule has 10 atom stereocenters. The van der Waals surface area contributed by atoms with Crippen LogP contribution in [0.3, 0.4) is 0 Å². The van der Waals surface area contributed by atoms with Gasteiger partial charge in [0.1, 0.15) is 43.0 Å². The first kappa shape index (κ1) is 130. The number of fused-ring (bicyclic) bond motifs is 6. The number of ether oxygens (including phenoxy) is 5. The Kier molecular flexibility index (Phi) is 63.2. The molecule has 44 heteroatoms. The maximum atomic E-state index is 12.5. The van der Waals surface area contributed by atoms with Crippen LogP contribution in [0.25, 0.3) is 43.6 Å². The molecule has 2 unspecified atom stereocenters. The first-order valence-corrected chi connectivity index (χ1v) is 46.3. The molecule has 13 rings (SSSR count). The number of aliphatic hydroxyl groups excluding tert-OH is 5. The van der Waals surface area contributed by atoms with Gasteiger partial charge < -0.3 is 132 Å². The maximum Gasteiger partial charge on any atom is 1.00 e. The summed E-state index contributed by atoms with van der Waals surface area (Å²) >= 11 is 3.15. The topological polar surface area (TPSA) is 595 Å². The predicted molar refractivity (Wildman–Crippen MR) is 533 cm³/mol.